The molecule has 3 unspecified atom stereocenters. The lowest BCUT2D eigenvalue weighted by Crippen LogP contribution is -2.51. The fraction of sp³-hybridized carbons (Fsp3) is 0.435. The maximum absolute atomic E-state index is 12.8. The van der Waals surface area contributed by atoms with Gasteiger partial charge in [0, 0.05) is 25.7 Å². The van der Waals surface area contributed by atoms with Crippen LogP contribution in [-0.2, 0) is 24.3 Å². The van der Waals surface area contributed by atoms with Crippen molar-refractivity contribution in [3.8, 4) is 0 Å². The Morgan fingerprint density at radius 3 is 2.70 bits per heavy atom. The van der Waals surface area contributed by atoms with Crippen molar-refractivity contribution < 1.29 is 4.79 Å². The summed E-state index contributed by atoms with van der Waals surface area (Å²) in [4.78, 5) is 15.3. The Kier molecular flexibility index (Phi) is 5.55. The first-order chi connectivity index (χ1) is 13.2. The molecular weight excluding hydrogens is 334 g/mol. The van der Waals surface area contributed by atoms with E-state index in [1.165, 1.54) is 16.7 Å². The number of nitrogens with one attached hydrogen (secondary N) is 2. The zero-order valence-corrected chi connectivity index (χ0v) is 16.0. The van der Waals surface area contributed by atoms with Gasteiger partial charge in [-0.25, -0.2) is 0 Å². The lowest BCUT2D eigenvalue weighted by Gasteiger charge is -2.28. The molecule has 2 aromatic carbocycles. The van der Waals surface area contributed by atoms with Crippen LogP contribution in [0.2, 0.25) is 0 Å². The molecule has 2 aliphatic rings. The van der Waals surface area contributed by atoms with Crippen molar-refractivity contribution >= 4 is 5.91 Å². The summed E-state index contributed by atoms with van der Waals surface area (Å²) in [7, 11) is 0. The lowest BCUT2D eigenvalue weighted by atomic mass is 9.94. The summed E-state index contributed by atoms with van der Waals surface area (Å²) in [6.07, 6.45) is 1.93. The maximum atomic E-state index is 12.8. The van der Waals surface area contributed by atoms with Crippen molar-refractivity contribution in [2.75, 3.05) is 13.1 Å². The third-order valence-electron chi connectivity index (χ3n) is 6.03. The normalized spacial score (nSPS) is 23.6. The van der Waals surface area contributed by atoms with E-state index in [2.05, 4.69) is 77.1 Å². The van der Waals surface area contributed by atoms with Gasteiger partial charge in [-0.15, -0.1) is 0 Å². The highest BCUT2D eigenvalue weighted by Crippen LogP contribution is 2.22. The Morgan fingerprint density at radius 2 is 1.89 bits per heavy atom. The molecule has 2 aromatic rings. The van der Waals surface area contributed by atoms with Crippen molar-refractivity contribution in [3.05, 3.63) is 71.3 Å². The zero-order chi connectivity index (χ0) is 18.6. The first kappa shape index (κ1) is 18.2. The van der Waals surface area contributed by atoms with E-state index in [9.17, 15) is 4.79 Å². The van der Waals surface area contributed by atoms with Crippen LogP contribution < -0.4 is 10.6 Å². The number of likely N-dealkylation sites (tertiary alicyclic amines) is 1. The first-order valence-electron chi connectivity index (χ1n) is 10.1. The van der Waals surface area contributed by atoms with Crippen LogP contribution in [0.5, 0.6) is 0 Å². The number of fused-ring (bicyclic) bond motifs is 1. The molecule has 0 radical (unpaired) electrons. The second-order valence-electron chi connectivity index (χ2n) is 7.97. The van der Waals surface area contributed by atoms with E-state index in [0.29, 0.717) is 5.92 Å². The molecule has 0 aromatic heterocycles. The number of carbonyl (C=O) groups is 1. The molecule has 2 heterocycles. The van der Waals surface area contributed by atoms with Gasteiger partial charge in [0.25, 0.3) is 0 Å². The van der Waals surface area contributed by atoms with Crippen LogP contribution in [0, 0.1) is 5.92 Å². The van der Waals surface area contributed by atoms with E-state index in [1.807, 2.05) is 0 Å². The van der Waals surface area contributed by atoms with Gasteiger partial charge in [-0.3, -0.25) is 9.69 Å². The Morgan fingerprint density at radius 1 is 1.15 bits per heavy atom. The van der Waals surface area contributed by atoms with Crippen molar-refractivity contribution in [3.63, 3.8) is 0 Å². The van der Waals surface area contributed by atoms with Crippen LogP contribution in [0.25, 0.3) is 0 Å². The third-order valence-corrected chi connectivity index (χ3v) is 6.03. The van der Waals surface area contributed by atoms with Crippen molar-refractivity contribution in [1.29, 1.82) is 0 Å². The molecule has 4 heteroatoms. The standard InChI is InChI=1S/C23H29N3O/c1-17(21-11-12-26(16-21)15-18-7-3-2-4-8-18)25-23(27)22-13-19-9-5-6-10-20(19)14-24-22/h2-10,17,21-22,24H,11-16H2,1H3,(H,25,27). The van der Waals surface area contributed by atoms with Gasteiger partial charge in [-0.2, -0.15) is 0 Å². The molecule has 0 saturated carbocycles. The molecule has 0 bridgehead atoms. The fourth-order valence-electron chi connectivity index (χ4n) is 4.34. The zero-order valence-electron chi connectivity index (χ0n) is 16.0. The lowest BCUT2D eigenvalue weighted by molar-refractivity contribution is -0.124. The highest BCUT2D eigenvalue weighted by atomic mass is 16.2. The fourth-order valence-corrected chi connectivity index (χ4v) is 4.34. The average molecular weight is 364 g/mol. The number of nitrogens with zero attached hydrogens (tertiary/aromatic N) is 1. The molecule has 27 heavy (non-hydrogen) atoms. The quantitative estimate of drug-likeness (QED) is 0.859. The number of benzene rings is 2. The van der Waals surface area contributed by atoms with E-state index in [0.717, 1.165) is 39.0 Å². The maximum Gasteiger partial charge on any atom is 0.237 e. The molecule has 4 rings (SSSR count). The van der Waals surface area contributed by atoms with Crippen LogP contribution in [0.15, 0.2) is 54.6 Å². The number of rotatable bonds is 5. The summed E-state index contributed by atoms with van der Waals surface area (Å²) >= 11 is 0. The Labute approximate surface area is 162 Å². The minimum atomic E-state index is -0.121. The van der Waals surface area contributed by atoms with Crippen LogP contribution in [0.1, 0.15) is 30.0 Å². The minimum absolute atomic E-state index is 0.121. The highest BCUT2D eigenvalue weighted by Gasteiger charge is 2.30. The predicted molar refractivity (Wildman–Crippen MR) is 108 cm³/mol. The van der Waals surface area contributed by atoms with E-state index in [-0.39, 0.29) is 18.0 Å². The highest BCUT2D eigenvalue weighted by molar-refractivity contribution is 5.82. The number of hydrogen-bond acceptors (Lipinski definition) is 3. The molecule has 142 valence electrons. The number of amides is 1. The molecule has 0 spiro atoms. The van der Waals surface area contributed by atoms with Gasteiger partial charge >= 0.3 is 0 Å². The summed E-state index contributed by atoms with van der Waals surface area (Å²) in [6, 6.07) is 19.1. The molecule has 2 N–H and O–H groups in total. The van der Waals surface area contributed by atoms with E-state index in [1.54, 1.807) is 0 Å². The van der Waals surface area contributed by atoms with Gasteiger partial charge in [-0.05, 0) is 48.9 Å². The van der Waals surface area contributed by atoms with Crippen molar-refractivity contribution in [2.24, 2.45) is 5.92 Å². The van der Waals surface area contributed by atoms with Crippen molar-refractivity contribution in [1.82, 2.24) is 15.5 Å². The Bertz CT molecular complexity index is 776. The number of hydrogen-bond donors (Lipinski definition) is 2. The second kappa shape index (κ2) is 8.24. The summed E-state index contributed by atoms with van der Waals surface area (Å²) in [5.41, 5.74) is 3.96. The summed E-state index contributed by atoms with van der Waals surface area (Å²) in [5.74, 6) is 0.659. The summed E-state index contributed by atoms with van der Waals surface area (Å²) in [6.45, 7) is 6.09. The molecule has 1 fully saturated rings. The Hall–Kier alpha value is -2.17. The van der Waals surface area contributed by atoms with Crippen LogP contribution in [0.4, 0.5) is 0 Å². The molecule has 4 nitrogen and oxygen atoms in total. The predicted octanol–water partition coefficient (Wildman–Crippen LogP) is 2.73. The molecule has 3 atom stereocenters. The van der Waals surface area contributed by atoms with Gasteiger partial charge in [-0.1, -0.05) is 54.6 Å². The summed E-state index contributed by atoms with van der Waals surface area (Å²) in [5, 5.41) is 6.67. The molecular formula is C23H29N3O. The van der Waals surface area contributed by atoms with Crippen LogP contribution in [-0.4, -0.2) is 36.0 Å². The molecule has 2 aliphatic heterocycles. The Balaban J connectivity index is 1.28. The SMILES string of the molecule is CC(NC(=O)C1Cc2ccccc2CN1)C1CCN(Cc2ccccc2)C1. The van der Waals surface area contributed by atoms with E-state index >= 15 is 0 Å². The smallest absolute Gasteiger partial charge is 0.237 e. The van der Waals surface area contributed by atoms with E-state index in [4.69, 9.17) is 0 Å². The number of carbonyl (C=O) groups excluding carboxylic acids is 1. The molecule has 1 saturated heterocycles. The van der Waals surface area contributed by atoms with E-state index < -0.39 is 0 Å². The largest absolute Gasteiger partial charge is 0.352 e. The monoisotopic (exact) mass is 363 g/mol. The second-order valence-corrected chi connectivity index (χ2v) is 7.97. The van der Waals surface area contributed by atoms with Crippen molar-refractivity contribution in [2.45, 2.75) is 44.9 Å². The first-order valence-corrected chi connectivity index (χ1v) is 10.1. The van der Waals surface area contributed by atoms with Crippen LogP contribution in [0.3, 0.4) is 0 Å². The van der Waals surface area contributed by atoms with Gasteiger partial charge < -0.3 is 10.6 Å². The van der Waals surface area contributed by atoms with Gasteiger partial charge in [0.05, 0.1) is 6.04 Å². The molecule has 0 aliphatic carbocycles. The minimum Gasteiger partial charge on any atom is -0.352 e. The average Bonchev–Trinajstić information content (AvgIpc) is 3.17. The van der Waals surface area contributed by atoms with Gasteiger partial charge in [0.1, 0.15) is 0 Å². The summed E-state index contributed by atoms with van der Waals surface area (Å²) < 4.78 is 0. The molecule has 1 amide bonds. The van der Waals surface area contributed by atoms with Gasteiger partial charge in [0.15, 0.2) is 0 Å². The van der Waals surface area contributed by atoms with Gasteiger partial charge in [0.2, 0.25) is 5.91 Å². The van der Waals surface area contributed by atoms with Crippen LogP contribution >= 0.6 is 0 Å². The topological polar surface area (TPSA) is 44.4 Å². The third kappa shape index (κ3) is 4.40.